The van der Waals surface area contributed by atoms with E-state index in [0.717, 1.165) is 22.8 Å². The van der Waals surface area contributed by atoms with Crippen LogP contribution in [0.3, 0.4) is 0 Å². The van der Waals surface area contributed by atoms with Gasteiger partial charge in [-0.2, -0.15) is 5.10 Å². The lowest BCUT2D eigenvalue weighted by Gasteiger charge is -2.10. The fourth-order valence-electron chi connectivity index (χ4n) is 1.97. The molecule has 0 aliphatic heterocycles. The largest absolute Gasteiger partial charge is 0.398 e. The first-order chi connectivity index (χ1) is 9.49. The second-order valence-electron chi connectivity index (χ2n) is 5.21. The van der Waals surface area contributed by atoms with Crippen molar-refractivity contribution in [3.63, 3.8) is 0 Å². The number of rotatable bonds is 5. The molecule has 108 valence electrons. The number of hydrogen-bond donors (Lipinski definition) is 1. The lowest BCUT2D eigenvalue weighted by molar-refractivity contribution is 0.471. The van der Waals surface area contributed by atoms with E-state index in [1.54, 1.807) is 0 Å². The van der Waals surface area contributed by atoms with Gasteiger partial charge in [0.15, 0.2) is 0 Å². The monoisotopic (exact) mass is 292 g/mol. The third-order valence-electron chi connectivity index (χ3n) is 3.07. The van der Waals surface area contributed by atoms with Gasteiger partial charge in [-0.25, -0.2) is 9.67 Å². The smallest absolute Gasteiger partial charge is 0.139 e. The first-order valence-electron chi connectivity index (χ1n) is 6.59. The summed E-state index contributed by atoms with van der Waals surface area (Å²) in [6, 6.07) is 5.50. The van der Waals surface area contributed by atoms with Crippen LogP contribution in [0.1, 0.15) is 25.2 Å². The number of nitrogen functional groups attached to an aromatic ring is 1. The summed E-state index contributed by atoms with van der Waals surface area (Å²) >= 11 is 0. The maximum absolute atomic E-state index is 12.5. The van der Waals surface area contributed by atoms with Crippen LogP contribution >= 0.6 is 0 Å². The van der Waals surface area contributed by atoms with E-state index in [0.29, 0.717) is 17.4 Å². The van der Waals surface area contributed by atoms with E-state index >= 15 is 0 Å². The summed E-state index contributed by atoms with van der Waals surface area (Å²) in [7, 11) is -1.16. The molecule has 1 aromatic heterocycles. The molecule has 0 fully saturated rings. The molecule has 1 unspecified atom stereocenters. The van der Waals surface area contributed by atoms with Crippen LogP contribution in [0.15, 0.2) is 29.4 Å². The molecule has 0 saturated carbocycles. The topological polar surface area (TPSA) is 73.8 Å². The van der Waals surface area contributed by atoms with Gasteiger partial charge in [0.1, 0.15) is 12.2 Å². The van der Waals surface area contributed by atoms with Crippen molar-refractivity contribution >= 4 is 16.5 Å². The molecule has 0 saturated heterocycles. The summed E-state index contributed by atoms with van der Waals surface area (Å²) < 4.78 is 14.3. The fraction of sp³-hybridized carbons (Fsp3) is 0.429. The molecule has 0 radical (unpaired) electrons. The highest BCUT2D eigenvalue weighted by atomic mass is 32.2. The Balaban J connectivity index is 2.20. The molecule has 2 rings (SSSR count). The van der Waals surface area contributed by atoms with Crippen molar-refractivity contribution in [1.82, 2.24) is 14.8 Å². The van der Waals surface area contributed by atoms with E-state index in [9.17, 15) is 4.21 Å². The molecule has 0 amide bonds. The van der Waals surface area contributed by atoms with E-state index in [4.69, 9.17) is 5.73 Å². The highest BCUT2D eigenvalue weighted by Crippen LogP contribution is 2.20. The van der Waals surface area contributed by atoms with E-state index in [-0.39, 0.29) is 0 Å². The first kappa shape index (κ1) is 14.7. The molecule has 1 heterocycles. The summed E-state index contributed by atoms with van der Waals surface area (Å²) in [5, 5.41) is 4.19. The zero-order valence-electron chi connectivity index (χ0n) is 12.0. The third-order valence-corrected chi connectivity index (χ3v) is 4.52. The average Bonchev–Trinajstić information content (AvgIpc) is 2.79. The Bertz CT molecular complexity index is 621. The van der Waals surface area contributed by atoms with Gasteiger partial charge in [0.25, 0.3) is 0 Å². The van der Waals surface area contributed by atoms with Crippen LogP contribution in [0.4, 0.5) is 5.69 Å². The summed E-state index contributed by atoms with van der Waals surface area (Å²) in [5.74, 6) is 1.58. The summed E-state index contributed by atoms with van der Waals surface area (Å²) in [6.45, 7) is 6.90. The Morgan fingerprint density at radius 1 is 1.40 bits per heavy atom. The van der Waals surface area contributed by atoms with Crippen LogP contribution in [0.25, 0.3) is 0 Å². The normalized spacial score (nSPS) is 12.8. The molecule has 0 aliphatic carbocycles. The van der Waals surface area contributed by atoms with Crippen LogP contribution in [0.5, 0.6) is 0 Å². The molecule has 2 N–H and O–H groups in total. The van der Waals surface area contributed by atoms with Crippen LogP contribution in [-0.2, 0) is 23.1 Å². The number of anilines is 1. The number of aromatic nitrogens is 3. The molecule has 1 atom stereocenters. The Labute approximate surface area is 121 Å². The van der Waals surface area contributed by atoms with Crippen molar-refractivity contribution in [2.75, 3.05) is 5.73 Å². The van der Waals surface area contributed by atoms with Gasteiger partial charge < -0.3 is 5.73 Å². The third kappa shape index (κ3) is 3.25. The second-order valence-corrected chi connectivity index (χ2v) is 6.63. The Morgan fingerprint density at radius 3 is 2.85 bits per heavy atom. The summed E-state index contributed by atoms with van der Waals surface area (Å²) in [4.78, 5) is 4.98. The lowest BCUT2D eigenvalue weighted by Crippen LogP contribution is -2.12. The maximum Gasteiger partial charge on any atom is 0.139 e. The lowest BCUT2D eigenvalue weighted by atomic mass is 10.2. The molecule has 2 aromatic rings. The molecular weight excluding hydrogens is 272 g/mol. The zero-order valence-corrected chi connectivity index (χ0v) is 12.9. The number of hydrogen-bond acceptors (Lipinski definition) is 4. The van der Waals surface area contributed by atoms with Crippen molar-refractivity contribution in [1.29, 1.82) is 0 Å². The molecule has 0 bridgehead atoms. The van der Waals surface area contributed by atoms with Gasteiger partial charge >= 0.3 is 0 Å². The van der Waals surface area contributed by atoms with Gasteiger partial charge in [0.2, 0.25) is 0 Å². The average molecular weight is 292 g/mol. The van der Waals surface area contributed by atoms with Gasteiger partial charge in [-0.15, -0.1) is 0 Å². The van der Waals surface area contributed by atoms with Crippen molar-refractivity contribution in [2.45, 2.75) is 38.0 Å². The molecule has 6 heteroatoms. The van der Waals surface area contributed by atoms with Crippen molar-refractivity contribution < 1.29 is 4.21 Å². The molecule has 1 aromatic carbocycles. The van der Waals surface area contributed by atoms with Gasteiger partial charge in [0, 0.05) is 17.1 Å². The second kappa shape index (κ2) is 6.17. The molecule has 20 heavy (non-hydrogen) atoms. The van der Waals surface area contributed by atoms with Crippen LogP contribution in [0.2, 0.25) is 0 Å². The predicted octanol–water partition coefficient (Wildman–Crippen LogP) is 2.13. The van der Waals surface area contributed by atoms with Crippen LogP contribution in [0, 0.1) is 12.8 Å². The van der Waals surface area contributed by atoms with Crippen LogP contribution < -0.4 is 5.73 Å². The fourth-order valence-corrected chi connectivity index (χ4v) is 3.27. The minimum atomic E-state index is -1.16. The summed E-state index contributed by atoms with van der Waals surface area (Å²) in [5.41, 5.74) is 7.40. The Morgan fingerprint density at radius 2 is 2.15 bits per heavy atom. The Hall–Kier alpha value is -1.69. The van der Waals surface area contributed by atoms with Gasteiger partial charge in [-0.05, 0) is 30.5 Å². The molecule has 5 nitrogen and oxygen atoms in total. The van der Waals surface area contributed by atoms with Crippen molar-refractivity contribution in [3.8, 4) is 0 Å². The van der Waals surface area contributed by atoms with Crippen molar-refractivity contribution in [3.05, 3.63) is 35.9 Å². The number of nitrogens with two attached hydrogens (primary N) is 1. The van der Waals surface area contributed by atoms with Crippen LogP contribution in [-0.4, -0.2) is 19.0 Å². The van der Waals surface area contributed by atoms with Gasteiger partial charge in [0.05, 0.1) is 16.6 Å². The first-order valence-corrected chi connectivity index (χ1v) is 7.91. The number of nitrogens with zero attached hydrogens (tertiary/aromatic N) is 3. The van der Waals surface area contributed by atoms with E-state index in [1.165, 1.54) is 6.33 Å². The van der Waals surface area contributed by atoms with E-state index < -0.39 is 10.8 Å². The van der Waals surface area contributed by atoms with Crippen molar-refractivity contribution in [2.24, 2.45) is 5.92 Å². The van der Waals surface area contributed by atoms with E-state index in [1.807, 2.05) is 29.8 Å². The highest BCUT2D eigenvalue weighted by molar-refractivity contribution is 7.84. The quantitative estimate of drug-likeness (QED) is 0.857. The maximum atomic E-state index is 12.5. The van der Waals surface area contributed by atoms with Gasteiger partial charge in [-0.3, -0.25) is 4.21 Å². The SMILES string of the molecule is Cc1c(N)cccc1S(=O)Cc1ncnn1CC(C)C. The standard InChI is InChI=1S/C14H20N4OS/c1-10(2)7-18-14(16-9-17-18)8-20(19)13-6-4-5-12(15)11(13)3/h4-6,9-10H,7-8,15H2,1-3H3. The Kier molecular flexibility index (Phi) is 4.54. The minimum Gasteiger partial charge on any atom is -0.398 e. The summed E-state index contributed by atoms with van der Waals surface area (Å²) in [6.07, 6.45) is 1.52. The minimum absolute atomic E-state index is 0.358. The molecule has 0 aliphatic rings. The highest BCUT2D eigenvalue weighted by Gasteiger charge is 2.14. The predicted molar refractivity (Wildman–Crippen MR) is 80.6 cm³/mol. The molecular formula is C14H20N4OS. The molecule has 0 spiro atoms. The number of benzene rings is 1. The van der Waals surface area contributed by atoms with E-state index in [2.05, 4.69) is 23.9 Å². The van der Waals surface area contributed by atoms with Gasteiger partial charge in [-0.1, -0.05) is 19.9 Å². The zero-order chi connectivity index (χ0) is 14.7.